The third kappa shape index (κ3) is 4.71. The van der Waals surface area contributed by atoms with Crippen molar-refractivity contribution >= 4 is 33.0 Å². The summed E-state index contributed by atoms with van der Waals surface area (Å²) < 4.78 is 27.1. The van der Waals surface area contributed by atoms with Gasteiger partial charge in [-0.2, -0.15) is 0 Å². The molecular formula is C19H18N2O3S2. The van der Waals surface area contributed by atoms with Crippen molar-refractivity contribution in [3.05, 3.63) is 83.2 Å². The molecule has 0 atom stereocenters. The summed E-state index contributed by atoms with van der Waals surface area (Å²) in [5.41, 5.74) is 2.06. The number of nitrogens with one attached hydrogen (secondary N) is 2. The SMILES string of the molecule is O=C(NCCc1ccccc1)c1ccc(NS(=O)(=O)c2cccs2)cc1. The number of carbonyl (C=O) groups excluding carboxylic acids is 1. The van der Waals surface area contributed by atoms with Crippen LogP contribution in [-0.4, -0.2) is 20.9 Å². The van der Waals surface area contributed by atoms with Gasteiger partial charge in [-0.05, 0) is 47.7 Å². The number of sulfonamides is 1. The highest BCUT2D eigenvalue weighted by atomic mass is 32.2. The second-order valence-electron chi connectivity index (χ2n) is 5.61. The predicted octanol–water partition coefficient (Wildman–Crippen LogP) is 3.52. The van der Waals surface area contributed by atoms with Crippen LogP contribution in [0.4, 0.5) is 5.69 Å². The van der Waals surface area contributed by atoms with Crippen molar-refractivity contribution in [3.8, 4) is 0 Å². The summed E-state index contributed by atoms with van der Waals surface area (Å²) >= 11 is 1.15. The maximum atomic E-state index is 12.2. The van der Waals surface area contributed by atoms with Crippen molar-refractivity contribution in [3.63, 3.8) is 0 Å². The molecule has 26 heavy (non-hydrogen) atoms. The molecule has 3 rings (SSSR count). The predicted molar refractivity (Wildman–Crippen MR) is 104 cm³/mol. The van der Waals surface area contributed by atoms with Crippen molar-refractivity contribution in [1.82, 2.24) is 5.32 Å². The van der Waals surface area contributed by atoms with Crippen molar-refractivity contribution < 1.29 is 13.2 Å². The van der Waals surface area contributed by atoms with Crippen LogP contribution in [0, 0.1) is 0 Å². The number of anilines is 1. The lowest BCUT2D eigenvalue weighted by atomic mass is 10.1. The van der Waals surface area contributed by atoms with E-state index < -0.39 is 10.0 Å². The number of hydrogen-bond donors (Lipinski definition) is 2. The minimum absolute atomic E-state index is 0.186. The van der Waals surface area contributed by atoms with E-state index in [-0.39, 0.29) is 10.1 Å². The van der Waals surface area contributed by atoms with Gasteiger partial charge < -0.3 is 5.32 Å². The highest BCUT2D eigenvalue weighted by Crippen LogP contribution is 2.20. The zero-order valence-electron chi connectivity index (χ0n) is 13.9. The maximum Gasteiger partial charge on any atom is 0.271 e. The van der Waals surface area contributed by atoms with E-state index in [1.54, 1.807) is 41.8 Å². The van der Waals surface area contributed by atoms with Crippen LogP contribution in [0.2, 0.25) is 0 Å². The number of amides is 1. The summed E-state index contributed by atoms with van der Waals surface area (Å²) in [7, 11) is -3.58. The van der Waals surface area contributed by atoms with E-state index in [1.807, 2.05) is 30.3 Å². The monoisotopic (exact) mass is 386 g/mol. The molecule has 2 N–H and O–H groups in total. The highest BCUT2D eigenvalue weighted by Gasteiger charge is 2.15. The molecule has 0 aliphatic heterocycles. The van der Waals surface area contributed by atoms with Gasteiger partial charge in [-0.3, -0.25) is 9.52 Å². The van der Waals surface area contributed by atoms with Gasteiger partial charge in [0.05, 0.1) is 0 Å². The maximum absolute atomic E-state index is 12.2. The fourth-order valence-corrected chi connectivity index (χ4v) is 4.43. The van der Waals surface area contributed by atoms with Crippen LogP contribution in [-0.2, 0) is 16.4 Å². The average Bonchev–Trinajstić information content (AvgIpc) is 3.19. The molecule has 0 fully saturated rings. The van der Waals surface area contributed by atoms with Crippen LogP contribution < -0.4 is 10.0 Å². The summed E-state index contributed by atoms with van der Waals surface area (Å²) in [5, 5.41) is 4.57. The molecule has 1 heterocycles. The van der Waals surface area contributed by atoms with Gasteiger partial charge >= 0.3 is 0 Å². The van der Waals surface area contributed by atoms with E-state index in [2.05, 4.69) is 10.0 Å². The van der Waals surface area contributed by atoms with E-state index in [9.17, 15) is 13.2 Å². The van der Waals surface area contributed by atoms with Crippen LogP contribution >= 0.6 is 11.3 Å². The van der Waals surface area contributed by atoms with Crippen molar-refractivity contribution in [1.29, 1.82) is 0 Å². The average molecular weight is 386 g/mol. The summed E-state index contributed by atoms with van der Waals surface area (Å²) in [6.45, 7) is 0.537. The number of rotatable bonds is 7. The molecule has 1 aromatic heterocycles. The minimum Gasteiger partial charge on any atom is -0.352 e. The van der Waals surface area contributed by atoms with Crippen LogP contribution in [0.25, 0.3) is 0 Å². The van der Waals surface area contributed by atoms with E-state index in [4.69, 9.17) is 0 Å². The standard InChI is InChI=1S/C19H18N2O3S2/c22-19(20-13-12-15-5-2-1-3-6-15)16-8-10-17(11-9-16)21-26(23,24)18-7-4-14-25-18/h1-11,14,21H,12-13H2,(H,20,22). The van der Waals surface area contributed by atoms with Gasteiger partial charge in [0.15, 0.2) is 0 Å². The third-order valence-corrected chi connectivity index (χ3v) is 6.48. The molecule has 5 nitrogen and oxygen atoms in total. The molecule has 7 heteroatoms. The third-order valence-electron chi connectivity index (χ3n) is 3.70. The molecule has 134 valence electrons. The van der Waals surface area contributed by atoms with E-state index >= 15 is 0 Å². The molecular weight excluding hydrogens is 368 g/mol. The molecule has 0 aliphatic rings. The van der Waals surface area contributed by atoms with Gasteiger partial charge in [0.1, 0.15) is 4.21 Å². The molecule has 0 radical (unpaired) electrons. The summed E-state index contributed by atoms with van der Waals surface area (Å²) in [6, 6.07) is 19.5. The quantitative estimate of drug-likeness (QED) is 0.652. The van der Waals surface area contributed by atoms with E-state index in [0.29, 0.717) is 17.8 Å². The number of carbonyl (C=O) groups is 1. The lowest BCUT2D eigenvalue weighted by Crippen LogP contribution is -2.25. The molecule has 1 amide bonds. The highest BCUT2D eigenvalue weighted by molar-refractivity contribution is 7.94. The fraction of sp³-hybridized carbons (Fsp3) is 0.105. The van der Waals surface area contributed by atoms with Crippen molar-refractivity contribution in [2.45, 2.75) is 10.6 Å². The second-order valence-corrected chi connectivity index (χ2v) is 8.46. The lowest BCUT2D eigenvalue weighted by molar-refractivity contribution is 0.0954. The molecule has 0 spiro atoms. The molecule has 0 aliphatic carbocycles. The first kappa shape index (κ1) is 18.2. The largest absolute Gasteiger partial charge is 0.352 e. The topological polar surface area (TPSA) is 75.3 Å². The molecule has 2 aromatic carbocycles. The van der Waals surface area contributed by atoms with Gasteiger partial charge in [-0.15, -0.1) is 11.3 Å². The van der Waals surface area contributed by atoms with Crippen LogP contribution in [0.3, 0.4) is 0 Å². The summed E-state index contributed by atoms with van der Waals surface area (Å²) in [4.78, 5) is 12.2. The van der Waals surface area contributed by atoms with Gasteiger partial charge in [0, 0.05) is 17.8 Å². The lowest BCUT2D eigenvalue weighted by Gasteiger charge is -2.08. The van der Waals surface area contributed by atoms with Crippen LogP contribution in [0.15, 0.2) is 76.3 Å². The first-order chi connectivity index (χ1) is 12.5. The number of benzene rings is 2. The fourth-order valence-electron chi connectivity index (χ4n) is 2.38. The Bertz CT molecular complexity index is 952. The number of hydrogen-bond acceptors (Lipinski definition) is 4. The Balaban J connectivity index is 1.56. The second kappa shape index (κ2) is 8.16. The molecule has 0 unspecified atom stereocenters. The van der Waals surface area contributed by atoms with Crippen LogP contribution in [0.1, 0.15) is 15.9 Å². The zero-order valence-corrected chi connectivity index (χ0v) is 15.5. The Morgan fingerprint density at radius 2 is 1.65 bits per heavy atom. The van der Waals surface area contributed by atoms with Gasteiger partial charge in [0.2, 0.25) is 0 Å². The Morgan fingerprint density at radius 3 is 2.31 bits per heavy atom. The normalized spacial score (nSPS) is 11.1. The molecule has 3 aromatic rings. The first-order valence-corrected chi connectivity index (χ1v) is 10.4. The van der Waals surface area contributed by atoms with E-state index in [0.717, 1.165) is 23.3 Å². The zero-order chi connectivity index (χ0) is 18.4. The first-order valence-electron chi connectivity index (χ1n) is 8.03. The Hall–Kier alpha value is -2.64. The smallest absolute Gasteiger partial charge is 0.271 e. The summed E-state index contributed by atoms with van der Waals surface area (Å²) in [5.74, 6) is -0.186. The Labute approximate surface area is 156 Å². The van der Waals surface area contributed by atoms with Gasteiger partial charge in [-0.1, -0.05) is 36.4 Å². The van der Waals surface area contributed by atoms with E-state index in [1.165, 1.54) is 0 Å². The summed E-state index contributed by atoms with van der Waals surface area (Å²) in [6.07, 6.45) is 0.755. The van der Waals surface area contributed by atoms with Gasteiger partial charge in [-0.25, -0.2) is 8.42 Å². The Kier molecular flexibility index (Phi) is 5.70. The van der Waals surface area contributed by atoms with Crippen molar-refractivity contribution in [2.75, 3.05) is 11.3 Å². The number of thiophene rings is 1. The molecule has 0 saturated heterocycles. The Morgan fingerprint density at radius 1 is 0.923 bits per heavy atom. The van der Waals surface area contributed by atoms with Gasteiger partial charge in [0.25, 0.3) is 15.9 Å². The molecule has 0 bridgehead atoms. The molecule has 0 saturated carbocycles. The van der Waals surface area contributed by atoms with Crippen LogP contribution in [0.5, 0.6) is 0 Å². The van der Waals surface area contributed by atoms with Crippen molar-refractivity contribution in [2.24, 2.45) is 0 Å². The minimum atomic E-state index is -3.58.